The lowest BCUT2D eigenvalue weighted by molar-refractivity contribution is 0.0697. The lowest BCUT2D eigenvalue weighted by Gasteiger charge is -2.39. The van der Waals surface area contributed by atoms with Gasteiger partial charge in [-0.05, 0) is 44.7 Å². The molecule has 0 spiro atoms. The fraction of sp³-hybridized carbons (Fsp3) is 0.533. The topological polar surface area (TPSA) is 40.5 Å². The number of carboxylic acid groups (broad SMARTS) is 1. The highest BCUT2D eigenvalue weighted by atomic mass is 16.4. The Morgan fingerprint density at radius 1 is 1.39 bits per heavy atom. The molecule has 1 aliphatic heterocycles. The molecule has 1 fully saturated rings. The first-order valence-electron chi connectivity index (χ1n) is 6.59. The van der Waals surface area contributed by atoms with E-state index in [-0.39, 0.29) is 0 Å². The maximum atomic E-state index is 11.4. The summed E-state index contributed by atoms with van der Waals surface area (Å²) in [6.07, 6.45) is 2.27. The molecule has 1 saturated heterocycles. The molecule has 1 aromatic carbocycles. The van der Waals surface area contributed by atoms with E-state index in [1.54, 1.807) is 6.07 Å². The molecule has 2 rings (SSSR count). The fourth-order valence-corrected chi connectivity index (χ4v) is 2.84. The molecule has 1 N–H and O–H groups in total. The normalized spacial score (nSPS) is 24.1. The summed E-state index contributed by atoms with van der Waals surface area (Å²) >= 11 is 0. The second-order valence-corrected chi connectivity index (χ2v) is 5.50. The quantitative estimate of drug-likeness (QED) is 0.871. The van der Waals surface area contributed by atoms with Crippen LogP contribution in [0.2, 0.25) is 0 Å². The van der Waals surface area contributed by atoms with Crippen molar-refractivity contribution < 1.29 is 9.90 Å². The lowest BCUT2D eigenvalue weighted by atomic mass is 9.92. The van der Waals surface area contributed by atoms with Crippen LogP contribution in [0.4, 0.5) is 5.69 Å². The molecule has 0 amide bonds. The Hall–Kier alpha value is -1.51. The standard InChI is InChI=1S/C15H21NO2/c1-10-4-5-14(13(9-10)15(17)18)16-7-6-11(2)8-12(16)3/h4-5,9,11-12H,6-8H2,1-3H3,(H,17,18). The summed E-state index contributed by atoms with van der Waals surface area (Å²) in [5.74, 6) is -0.102. The van der Waals surface area contributed by atoms with Gasteiger partial charge in [-0.1, -0.05) is 18.6 Å². The van der Waals surface area contributed by atoms with E-state index in [1.807, 2.05) is 19.1 Å². The van der Waals surface area contributed by atoms with Crippen LogP contribution >= 0.6 is 0 Å². The van der Waals surface area contributed by atoms with Crippen LogP contribution in [-0.4, -0.2) is 23.7 Å². The second kappa shape index (κ2) is 5.01. The van der Waals surface area contributed by atoms with E-state index in [0.29, 0.717) is 11.6 Å². The third kappa shape index (κ3) is 2.50. The maximum Gasteiger partial charge on any atom is 0.337 e. The molecule has 2 atom stereocenters. The number of benzene rings is 1. The van der Waals surface area contributed by atoms with Crippen molar-refractivity contribution in [1.82, 2.24) is 0 Å². The molecule has 1 aliphatic rings. The van der Waals surface area contributed by atoms with Crippen molar-refractivity contribution in [3.63, 3.8) is 0 Å². The minimum absolute atomic E-state index is 0.412. The van der Waals surface area contributed by atoms with Crippen molar-refractivity contribution in [2.75, 3.05) is 11.4 Å². The number of anilines is 1. The minimum atomic E-state index is -0.834. The number of hydrogen-bond donors (Lipinski definition) is 1. The summed E-state index contributed by atoms with van der Waals surface area (Å²) in [4.78, 5) is 13.6. The molecule has 18 heavy (non-hydrogen) atoms. The fourth-order valence-electron chi connectivity index (χ4n) is 2.84. The molecular weight excluding hydrogens is 226 g/mol. The summed E-state index contributed by atoms with van der Waals surface area (Å²) in [5.41, 5.74) is 2.29. The molecule has 3 nitrogen and oxygen atoms in total. The zero-order chi connectivity index (χ0) is 13.3. The van der Waals surface area contributed by atoms with Crippen molar-refractivity contribution in [1.29, 1.82) is 0 Å². The molecule has 0 aromatic heterocycles. The van der Waals surface area contributed by atoms with Gasteiger partial charge in [-0.25, -0.2) is 4.79 Å². The second-order valence-electron chi connectivity index (χ2n) is 5.50. The Balaban J connectivity index is 2.35. The molecule has 3 heteroatoms. The Kier molecular flexibility index (Phi) is 3.60. The van der Waals surface area contributed by atoms with E-state index in [9.17, 15) is 9.90 Å². The van der Waals surface area contributed by atoms with E-state index < -0.39 is 5.97 Å². The number of aryl methyl sites for hydroxylation is 1. The van der Waals surface area contributed by atoms with Crippen molar-refractivity contribution >= 4 is 11.7 Å². The van der Waals surface area contributed by atoms with Crippen LogP contribution in [0, 0.1) is 12.8 Å². The molecule has 1 aromatic rings. The van der Waals surface area contributed by atoms with Gasteiger partial charge in [0.05, 0.1) is 11.3 Å². The highest BCUT2D eigenvalue weighted by Gasteiger charge is 2.26. The highest BCUT2D eigenvalue weighted by molar-refractivity contribution is 5.94. The number of piperidine rings is 1. The lowest BCUT2D eigenvalue weighted by Crippen LogP contribution is -2.41. The molecule has 0 aliphatic carbocycles. The number of rotatable bonds is 2. The number of aromatic carboxylic acids is 1. The third-order valence-corrected chi connectivity index (χ3v) is 3.83. The predicted molar refractivity (Wildman–Crippen MR) is 73.3 cm³/mol. The smallest absolute Gasteiger partial charge is 0.337 e. The average Bonchev–Trinajstić information content (AvgIpc) is 2.29. The average molecular weight is 247 g/mol. The summed E-state index contributed by atoms with van der Waals surface area (Å²) in [5, 5.41) is 9.33. The molecule has 98 valence electrons. The number of carboxylic acids is 1. The van der Waals surface area contributed by atoms with Crippen molar-refractivity contribution in [3.05, 3.63) is 29.3 Å². The molecule has 2 unspecified atom stereocenters. The number of carbonyl (C=O) groups is 1. The van der Waals surface area contributed by atoms with Gasteiger partial charge in [0.25, 0.3) is 0 Å². The highest BCUT2D eigenvalue weighted by Crippen LogP contribution is 2.30. The first-order valence-corrected chi connectivity index (χ1v) is 6.59. The van der Waals surface area contributed by atoms with Crippen LogP contribution in [0.5, 0.6) is 0 Å². The van der Waals surface area contributed by atoms with Crippen LogP contribution in [0.1, 0.15) is 42.6 Å². The zero-order valence-corrected chi connectivity index (χ0v) is 11.3. The molecule has 0 saturated carbocycles. The predicted octanol–water partition coefficient (Wildman–Crippen LogP) is 3.32. The van der Waals surface area contributed by atoms with Gasteiger partial charge in [0.1, 0.15) is 0 Å². The molecule has 1 heterocycles. The van der Waals surface area contributed by atoms with E-state index in [0.717, 1.165) is 36.6 Å². The molecular formula is C15H21NO2. The van der Waals surface area contributed by atoms with Crippen LogP contribution in [0.15, 0.2) is 18.2 Å². The van der Waals surface area contributed by atoms with Gasteiger partial charge in [0.15, 0.2) is 0 Å². The van der Waals surface area contributed by atoms with Crippen molar-refractivity contribution in [3.8, 4) is 0 Å². The number of hydrogen-bond acceptors (Lipinski definition) is 2. The molecule has 0 bridgehead atoms. The van der Waals surface area contributed by atoms with Gasteiger partial charge in [0, 0.05) is 12.6 Å². The van der Waals surface area contributed by atoms with Gasteiger partial charge in [-0.3, -0.25) is 0 Å². The van der Waals surface area contributed by atoms with Gasteiger partial charge in [0.2, 0.25) is 0 Å². The maximum absolute atomic E-state index is 11.4. The first-order chi connectivity index (χ1) is 8.49. The van der Waals surface area contributed by atoms with Crippen LogP contribution in [0.25, 0.3) is 0 Å². The van der Waals surface area contributed by atoms with Gasteiger partial charge in [-0.15, -0.1) is 0 Å². The van der Waals surface area contributed by atoms with Crippen molar-refractivity contribution in [2.45, 2.75) is 39.7 Å². The van der Waals surface area contributed by atoms with E-state index in [1.165, 1.54) is 0 Å². The minimum Gasteiger partial charge on any atom is -0.478 e. The molecule has 0 radical (unpaired) electrons. The van der Waals surface area contributed by atoms with Gasteiger partial charge >= 0.3 is 5.97 Å². The van der Waals surface area contributed by atoms with Crippen LogP contribution in [0.3, 0.4) is 0 Å². The monoisotopic (exact) mass is 247 g/mol. The Labute approximate surface area is 108 Å². The van der Waals surface area contributed by atoms with E-state index in [4.69, 9.17) is 0 Å². The Morgan fingerprint density at radius 2 is 2.11 bits per heavy atom. The number of nitrogens with zero attached hydrogens (tertiary/aromatic N) is 1. The Bertz CT molecular complexity index is 456. The summed E-state index contributed by atoms with van der Waals surface area (Å²) in [6.45, 7) is 7.33. The van der Waals surface area contributed by atoms with Crippen LogP contribution < -0.4 is 4.90 Å². The van der Waals surface area contributed by atoms with E-state index >= 15 is 0 Å². The Morgan fingerprint density at radius 3 is 2.72 bits per heavy atom. The zero-order valence-electron chi connectivity index (χ0n) is 11.3. The van der Waals surface area contributed by atoms with Gasteiger partial charge < -0.3 is 10.0 Å². The van der Waals surface area contributed by atoms with Crippen LogP contribution in [-0.2, 0) is 0 Å². The summed E-state index contributed by atoms with van der Waals surface area (Å²) in [7, 11) is 0. The van der Waals surface area contributed by atoms with Gasteiger partial charge in [-0.2, -0.15) is 0 Å². The third-order valence-electron chi connectivity index (χ3n) is 3.83. The summed E-state index contributed by atoms with van der Waals surface area (Å²) in [6, 6.07) is 6.12. The van der Waals surface area contributed by atoms with E-state index in [2.05, 4.69) is 18.7 Å². The largest absolute Gasteiger partial charge is 0.478 e. The van der Waals surface area contributed by atoms with Crippen molar-refractivity contribution in [2.24, 2.45) is 5.92 Å². The summed E-state index contributed by atoms with van der Waals surface area (Å²) < 4.78 is 0. The SMILES string of the molecule is Cc1ccc(N2CCC(C)CC2C)c(C(=O)O)c1. The first kappa shape index (κ1) is 12.9.